The van der Waals surface area contributed by atoms with Gasteiger partial charge in [-0.2, -0.15) is 5.10 Å². The molecule has 0 radical (unpaired) electrons. The summed E-state index contributed by atoms with van der Waals surface area (Å²) in [5, 5.41) is 7.16. The van der Waals surface area contributed by atoms with Crippen molar-refractivity contribution in [3.8, 4) is 0 Å². The third kappa shape index (κ3) is 3.21. The van der Waals surface area contributed by atoms with Gasteiger partial charge in [0.2, 0.25) is 0 Å². The molecule has 1 saturated heterocycles. The van der Waals surface area contributed by atoms with Gasteiger partial charge in [-0.3, -0.25) is 9.89 Å². The Morgan fingerprint density at radius 1 is 1.35 bits per heavy atom. The van der Waals surface area contributed by atoms with Crippen molar-refractivity contribution in [3.05, 3.63) is 41.5 Å². The molecule has 1 fully saturated rings. The van der Waals surface area contributed by atoms with Crippen LogP contribution in [0.15, 0.2) is 24.3 Å². The number of aromatic amines is 1. The van der Waals surface area contributed by atoms with Crippen LogP contribution in [-0.4, -0.2) is 53.2 Å². The van der Waals surface area contributed by atoms with Gasteiger partial charge in [0.05, 0.1) is 5.56 Å². The van der Waals surface area contributed by atoms with E-state index in [-0.39, 0.29) is 11.8 Å². The van der Waals surface area contributed by atoms with Gasteiger partial charge in [0, 0.05) is 38.8 Å². The van der Waals surface area contributed by atoms with Gasteiger partial charge in [0.25, 0.3) is 5.91 Å². The Balaban J connectivity index is 1.80. The fourth-order valence-electron chi connectivity index (χ4n) is 3.13. The maximum absolute atomic E-state index is 13.0. The number of H-pyrrole nitrogens is 1. The molecule has 6 heteroatoms. The Morgan fingerprint density at radius 3 is 2.83 bits per heavy atom. The molecule has 1 aromatic heterocycles. The smallest absolute Gasteiger partial charge is 0.255 e. The van der Waals surface area contributed by atoms with E-state index in [2.05, 4.69) is 15.2 Å². The average Bonchev–Trinajstić information content (AvgIpc) is 3.01. The highest BCUT2D eigenvalue weighted by molar-refractivity contribution is 5.99. The maximum atomic E-state index is 13.0. The number of benzene rings is 1. The van der Waals surface area contributed by atoms with Crippen LogP contribution in [0.3, 0.4) is 0 Å². The van der Waals surface area contributed by atoms with Gasteiger partial charge in [0.15, 0.2) is 5.82 Å². The number of piperidine rings is 1. The molecule has 0 bridgehead atoms. The molecule has 2 heterocycles. The molecule has 0 aliphatic carbocycles. The SMILES string of the molecule is Cc1nc(C2CCCN(C(=O)c3ccccc3N(C)C)C2)n[nH]1. The highest BCUT2D eigenvalue weighted by atomic mass is 16.2. The molecule has 23 heavy (non-hydrogen) atoms. The van der Waals surface area contributed by atoms with E-state index < -0.39 is 0 Å². The Labute approximate surface area is 136 Å². The lowest BCUT2D eigenvalue weighted by atomic mass is 9.96. The van der Waals surface area contributed by atoms with Gasteiger partial charge in [-0.1, -0.05) is 12.1 Å². The number of nitrogens with zero attached hydrogens (tertiary/aromatic N) is 4. The van der Waals surface area contributed by atoms with Crippen molar-refractivity contribution in [3.63, 3.8) is 0 Å². The van der Waals surface area contributed by atoms with E-state index in [1.807, 2.05) is 55.1 Å². The summed E-state index contributed by atoms with van der Waals surface area (Å²) in [5.74, 6) is 1.94. The number of hydrogen-bond acceptors (Lipinski definition) is 4. The Morgan fingerprint density at radius 2 is 2.13 bits per heavy atom. The van der Waals surface area contributed by atoms with Crippen LogP contribution in [0.2, 0.25) is 0 Å². The van der Waals surface area contributed by atoms with Crippen LogP contribution in [0.5, 0.6) is 0 Å². The third-order valence-corrected chi connectivity index (χ3v) is 4.30. The molecule has 1 aliphatic heterocycles. The number of para-hydroxylation sites is 1. The zero-order valence-electron chi connectivity index (χ0n) is 13.9. The minimum Gasteiger partial charge on any atom is -0.377 e. The number of amides is 1. The van der Waals surface area contributed by atoms with Gasteiger partial charge in [0.1, 0.15) is 5.82 Å². The van der Waals surface area contributed by atoms with E-state index >= 15 is 0 Å². The number of carbonyl (C=O) groups is 1. The number of likely N-dealkylation sites (tertiary alicyclic amines) is 1. The molecule has 0 spiro atoms. The van der Waals surface area contributed by atoms with Gasteiger partial charge in [-0.15, -0.1) is 0 Å². The van der Waals surface area contributed by atoms with Crippen LogP contribution in [0.1, 0.15) is 40.8 Å². The lowest BCUT2D eigenvalue weighted by molar-refractivity contribution is 0.0705. The highest BCUT2D eigenvalue weighted by Gasteiger charge is 2.28. The number of nitrogens with one attached hydrogen (secondary N) is 1. The van der Waals surface area contributed by atoms with E-state index in [0.29, 0.717) is 6.54 Å². The first-order valence-corrected chi connectivity index (χ1v) is 8.01. The lowest BCUT2D eigenvalue weighted by Crippen LogP contribution is -2.39. The van der Waals surface area contributed by atoms with Crippen molar-refractivity contribution in [1.29, 1.82) is 0 Å². The average molecular weight is 313 g/mol. The predicted molar refractivity (Wildman–Crippen MR) is 89.8 cm³/mol. The summed E-state index contributed by atoms with van der Waals surface area (Å²) in [7, 11) is 3.92. The van der Waals surface area contributed by atoms with Gasteiger partial charge in [-0.25, -0.2) is 4.98 Å². The second-order valence-corrected chi connectivity index (χ2v) is 6.28. The number of anilines is 1. The first-order chi connectivity index (χ1) is 11.1. The zero-order chi connectivity index (χ0) is 16.4. The Kier molecular flexibility index (Phi) is 4.32. The molecule has 0 saturated carbocycles. The molecule has 6 nitrogen and oxygen atoms in total. The molecule has 3 rings (SSSR count). The van der Waals surface area contributed by atoms with E-state index in [0.717, 1.165) is 42.3 Å². The van der Waals surface area contributed by atoms with Crippen LogP contribution in [0, 0.1) is 6.92 Å². The van der Waals surface area contributed by atoms with Crippen molar-refractivity contribution < 1.29 is 4.79 Å². The molecule has 2 aromatic rings. The van der Waals surface area contributed by atoms with E-state index in [4.69, 9.17) is 0 Å². The summed E-state index contributed by atoms with van der Waals surface area (Å²) < 4.78 is 0. The van der Waals surface area contributed by atoms with Crippen LogP contribution in [0.25, 0.3) is 0 Å². The summed E-state index contributed by atoms with van der Waals surface area (Å²) in [6, 6.07) is 7.76. The van der Waals surface area contributed by atoms with Crippen molar-refractivity contribution in [1.82, 2.24) is 20.1 Å². The number of carbonyl (C=O) groups excluding carboxylic acids is 1. The summed E-state index contributed by atoms with van der Waals surface area (Å²) in [6.45, 7) is 3.37. The maximum Gasteiger partial charge on any atom is 0.255 e. The quantitative estimate of drug-likeness (QED) is 0.943. The molecular formula is C17H23N5O. The molecule has 1 aliphatic rings. The van der Waals surface area contributed by atoms with Crippen LogP contribution < -0.4 is 4.90 Å². The van der Waals surface area contributed by atoms with Crippen LogP contribution in [0.4, 0.5) is 5.69 Å². The number of hydrogen-bond donors (Lipinski definition) is 1. The Hall–Kier alpha value is -2.37. The molecular weight excluding hydrogens is 290 g/mol. The zero-order valence-corrected chi connectivity index (χ0v) is 13.9. The van der Waals surface area contributed by atoms with E-state index in [9.17, 15) is 4.79 Å². The fourth-order valence-corrected chi connectivity index (χ4v) is 3.13. The van der Waals surface area contributed by atoms with Crippen molar-refractivity contribution in [2.75, 3.05) is 32.1 Å². The van der Waals surface area contributed by atoms with Crippen molar-refractivity contribution in [2.45, 2.75) is 25.7 Å². The first kappa shape index (κ1) is 15.5. The lowest BCUT2D eigenvalue weighted by Gasteiger charge is -2.32. The highest BCUT2D eigenvalue weighted by Crippen LogP contribution is 2.27. The summed E-state index contributed by atoms with van der Waals surface area (Å²) in [5.41, 5.74) is 1.71. The second-order valence-electron chi connectivity index (χ2n) is 6.28. The van der Waals surface area contributed by atoms with E-state index in [1.54, 1.807) is 0 Å². The molecule has 1 N–H and O–H groups in total. The fraction of sp³-hybridized carbons (Fsp3) is 0.471. The Bertz CT molecular complexity index is 694. The van der Waals surface area contributed by atoms with Crippen molar-refractivity contribution in [2.24, 2.45) is 0 Å². The van der Waals surface area contributed by atoms with Gasteiger partial charge < -0.3 is 9.80 Å². The summed E-state index contributed by atoms with van der Waals surface area (Å²) in [4.78, 5) is 21.3. The summed E-state index contributed by atoms with van der Waals surface area (Å²) >= 11 is 0. The summed E-state index contributed by atoms with van der Waals surface area (Å²) in [6.07, 6.45) is 2.00. The predicted octanol–water partition coefficient (Wildman–Crippen LogP) is 2.20. The minimum absolute atomic E-state index is 0.0891. The molecule has 1 amide bonds. The van der Waals surface area contributed by atoms with Crippen LogP contribution in [-0.2, 0) is 0 Å². The topological polar surface area (TPSA) is 65.1 Å². The largest absolute Gasteiger partial charge is 0.377 e. The van der Waals surface area contributed by atoms with Gasteiger partial charge >= 0.3 is 0 Å². The molecule has 1 aromatic carbocycles. The third-order valence-electron chi connectivity index (χ3n) is 4.30. The first-order valence-electron chi connectivity index (χ1n) is 8.01. The number of aryl methyl sites for hydroxylation is 1. The minimum atomic E-state index is 0.0891. The molecule has 122 valence electrons. The second kappa shape index (κ2) is 6.40. The number of rotatable bonds is 3. The van der Waals surface area contributed by atoms with Gasteiger partial charge in [-0.05, 0) is 31.9 Å². The number of aromatic nitrogens is 3. The normalized spacial score (nSPS) is 18.0. The van der Waals surface area contributed by atoms with E-state index in [1.165, 1.54) is 0 Å². The standard InChI is InChI=1S/C17H23N5O/c1-12-18-16(20-19-12)13-7-6-10-22(11-13)17(23)14-8-4-5-9-15(14)21(2)3/h4-5,8-9,13H,6-7,10-11H2,1-3H3,(H,18,19,20). The van der Waals surface area contributed by atoms with Crippen molar-refractivity contribution >= 4 is 11.6 Å². The van der Waals surface area contributed by atoms with Crippen LogP contribution >= 0.6 is 0 Å². The molecule has 1 atom stereocenters. The monoisotopic (exact) mass is 313 g/mol. The molecule has 1 unspecified atom stereocenters.